The van der Waals surface area contributed by atoms with Crippen molar-refractivity contribution in [2.45, 2.75) is 117 Å². The second-order valence-corrected chi connectivity index (χ2v) is 17.4. The molecule has 0 spiro atoms. The highest BCUT2D eigenvalue weighted by Gasteiger charge is 2.50. The standard InChI is InChI=1S/C46H68N4O6/c1-33(2)27-40(42(52)31-38(29-36-17-11-8-12-18-36)45(55)48-41(28-34(3)4)43(53)46(5)32-56-46)47-44(54)37(21-20-35-15-9-7-10-16-35)30-39(51)19-13-14-22-50-25-23-49(6)24-26-50/h7-12,15-18,33-34,37-38,40-41H,13-14,19-32H2,1-6H3,(H,47,54)(H,48,55)/t37-,38-,40+,41+,46-/m1/s1. The zero-order valence-corrected chi connectivity index (χ0v) is 34.9. The number of aryl methyl sites for hydroxylation is 1. The first kappa shape index (κ1) is 45.0. The molecule has 2 aliphatic rings. The lowest BCUT2D eigenvalue weighted by molar-refractivity contribution is -0.135. The minimum atomic E-state index is -0.896. The first-order valence-corrected chi connectivity index (χ1v) is 21.0. The third-order valence-corrected chi connectivity index (χ3v) is 11.2. The highest BCUT2D eigenvalue weighted by atomic mass is 16.6. The van der Waals surface area contributed by atoms with Crippen molar-refractivity contribution in [3.05, 3.63) is 71.8 Å². The minimum Gasteiger partial charge on any atom is -0.361 e. The lowest BCUT2D eigenvalue weighted by Gasteiger charge is -2.32. The van der Waals surface area contributed by atoms with E-state index in [1.165, 1.54) is 0 Å². The topological polar surface area (TPSA) is 128 Å². The zero-order chi connectivity index (χ0) is 40.7. The average molecular weight is 773 g/mol. The van der Waals surface area contributed by atoms with Crippen LogP contribution in [0, 0.1) is 23.7 Å². The van der Waals surface area contributed by atoms with E-state index in [-0.39, 0.29) is 53.8 Å². The van der Waals surface area contributed by atoms with Crippen LogP contribution in [-0.4, -0.2) is 103 Å². The van der Waals surface area contributed by atoms with Crippen molar-refractivity contribution < 1.29 is 28.7 Å². The highest BCUT2D eigenvalue weighted by Crippen LogP contribution is 2.30. The Morgan fingerprint density at radius 3 is 1.88 bits per heavy atom. The smallest absolute Gasteiger partial charge is 0.224 e. The summed E-state index contributed by atoms with van der Waals surface area (Å²) in [7, 11) is 2.14. The van der Waals surface area contributed by atoms with Crippen LogP contribution in [0.2, 0.25) is 0 Å². The molecule has 4 rings (SSSR count). The fraction of sp³-hybridized carbons (Fsp3) is 0.630. The molecule has 0 unspecified atom stereocenters. The van der Waals surface area contributed by atoms with E-state index in [9.17, 15) is 24.0 Å². The van der Waals surface area contributed by atoms with Crippen molar-refractivity contribution in [2.24, 2.45) is 23.7 Å². The van der Waals surface area contributed by atoms with E-state index in [1.807, 2.05) is 88.4 Å². The third kappa shape index (κ3) is 15.3. The molecule has 0 saturated carbocycles. The van der Waals surface area contributed by atoms with E-state index in [1.54, 1.807) is 6.92 Å². The summed E-state index contributed by atoms with van der Waals surface area (Å²) in [5.41, 5.74) is 1.09. The quantitative estimate of drug-likeness (QED) is 0.0951. The van der Waals surface area contributed by atoms with Crippen molar-refractivity contribution in [1.82, 2.24) is 20.4 Å². The number of benzene rings is 2. The second kappa shape index (κ2) is 22.3. The monoisotopic (exact) mass is 773 g/mol. The number of ketones is 3. The van der Waals surface area contributed by atoms with Gasteiger partial charge in [-0.3, -0.25) is 24.0 Å². The molecule has 5 atom stereocenters. The maximum absolute atomic E-state index is 14.3. The van der Waals surface area contributed by atoms with Gasteiger partial charge in [0.2, 0.25) is 11.8 Å². The molecule has 308 valence electrons. The van der Waals surface area contributed by atoms with Crippen LogP contribution < -0.4 is 10.6 Å². The lowest BCUT2D eigenvalue weighted by Crippen LogP contribution is -2.50. The van der Waals surface area contributed by atoms with Gasteiger partial charge in [-0.25, -0.2) is 0 Å². The van der Waals surface area contributed by atoms with E-state index in [0.29, 0.717) is 45.1 Å². The Labute approximate surface area is 335 Å². The summed E-state index contributed by atoms with van der Waals surface area (Å²) in [6.45, 7) is 15.3. The summed E-state index contributed by atoms with van der Waals surface area (Å²) in [6.07, 6.45) is 4.47. The van der Waals surface area contributed by atoms with Crippen molar-refractivity contribution in [2.75, 3.05) is 46.4 Å². The Hall–Kier alpha value is -3.73. The van der Waals surface area contributed by atoms with Gasteiger partial charge in [0.25, 0.3) is 0 Å². The number of epoxide rings is 1. The molecule has 0 aromatic heterocycles. The number of rotatable bonds is 25. The van der Waals surface area contributed by atoms with Crippen molar-refractivity contribution in [3.63, 3.8) is 0 Å². The summed E-state index contributed by atoms with van der Waals surface area (Å²) < 4.78 is 5.44. The molecule has 2 aliphatic heterocycles. The van der Waals surface area contributed by atoms with Crippen LogP contribution in [0.25, 0.3) is 0 Å². The molecule has 0 bridgehead atoms. The molecule has 56 heavy (non-hydrogen) atoms. The molecule has 2 aromatic rings. The fourth-order valence-corrected chi connectivity index (χ4v) is 7.60. The van der Waals surface area contributed by atoms with E-state index in [2.05, 4.69) is 27.5 Å². The third-order valence-electron chi connectivity index (χ3n) is 11.2. The Bertz CT molecular complexity index is 1550. The number of unbranched alkanes of at least 4 members (excludes halogenated alkanes) is 1. The molecule has 10 nitrogen and oxygen atoms in total. The van der Waals surface area contributed by atoms with Crippen LogP contribution >= 0.6 is 0 Å². The normalized spacial score (nSPS) is 19.6. The Morgan fingerprint density at radius 1 is 0.732 bits per heavy atom. The summed E-state index contributed by atoms with van der Waals surface area (Å²) in [5.74, 6) is -2.08. The van der Waals surface area contributed by atoms with Crippen LogP contribution in [0.3, 0.4) is 0 Å². The number of carbonyl (C=O) groups is 5. The van der Waals surface area contributed by atoms with Gasteiger partial charge >= 0.3 is 0 Å². The number of Topliss-reactive ketones (excluding diaryl/α,β-unsaturated/α-hetero) is 3. The van der Waals surface area contributed by atoms with Crippen molar-refractivity contribution >= 4 is 29.2 Å². The van der Waals surface area contributed by atoms with Gasteiger partial charge in [-0.05, 0) is 88.4 Å². The molecule has 2 amide bonds. The number of carbonyl (C=O) groups excluding carboxylic acids is 5. The van der Waals surface area contributed by atoms with Crippen molar-refractivity contribution in [1.29, 1.82) is 0 Å². The number of nitrogens with one attached hydrogen (secondary N) is 2. The molecule has 2 aromatic carbocycles. The maximum atomic E-state index is 14.3. The van der Waals surface area contributed by atoms with Crippen LogP contribution in [0.15, 0.2) is 60.7 Å². The van der Waals surface area contributed by atoms with Gasteiger partial charge in [0, 0.05) is 57.3 Å². The van der Waals surface area contributed by atoms with Gasteiger partial charge in [-0.1, -0.05) is 88.4 Å². The summed E-state index contributed by atoms with van der Waals surface area (Å²) >= 11 is 0. The Kier molecular flexibility index (Phi) is 17.9. The van der Waals surface area contributed by atoms with Gasteiger partial charge in [0.05, 0.1) is 18.7 Å². The molecule has 10 heteroatoms. The molecule has 2 fully saturated rings. The number of ether oxygens (including phenoxy) is 1. The molecular weight excluding hydrogens is 705 g/mol. The molecule has 0 radical (unpaired) electrons. The first-order valence-electron chi connectivity index (χ1n) is 21.0. The predicted octanol–water partition coefficient (Wildman–Crippen LogP) is 5.85. The number of hydrogen-bond donors (Lipinski definition) is 2. The summed E-state index contributed by atoms with van der Waals surface area (Å²) in [4.78, 5) is 74.1. The van der Waals surface area contributed by atoms with Gasteiger partial charge in [0.1, 0.15) is 11.4 Å². The number of amides is 2. The molecule has 2 heterocycles. The van der Waals surface area contributed by atoms with Gasteiger partial charge in [-0.15, -0.1) is 0 Å². The first-order chi connectivity index (χ1) is 26.7. The maximum Gasteiger partial charge on any atom is 0.224 e. The largest absolute Gasteiger partial charge is 0.361 e. The van der Waals surface area contributed by atoms with Gasteiger partial charge in [0.15, 0.2) is 11.6 Å². The number of hydrogen-bond acceptors (Lipinski definition) is 8. The van der Waals surface area contributed by atoms with Gasteiger partial charge < -0.3 is 25.2 Å². The molecule has 0 aliphatic carbocycles. The minimum absolute atomic E-state index is 0.0684. The van der Waals surface area contributed by atoms with Crippen LogP contribution in [-0.2, 0) is 41.6 Å². The summed E-state index contributed by atoms with van der Waals surface area (Å²) in [5, 5.41) is 6.08. The number of likely N-dealkylation sites (N-methyl/N-ethyl adjacent to an activating group) is 1. The predicted molar refractivity (Wildman–Crippen MR) is 221 cm³/mol. The second-order valence-electron chi connectivity index (χ2n) is 17.4. The van der Waals surface area contributed by atoms with E-state index in [0.717, 1.165) is 56.7 Å². The Morgan fingerprint density at radius 2 is 1.29 bits per heavy atom. The molecule has 2 N–H and O–H groups in total. The van der Waals surface area contributed by atoms with Gasteiger partial charge in [-0.2, -0.15) is 0 Å². The SMILES string of the molecule is CC(C)C[C@H](NC(=O)[C@H](CCc1ccccc1)CC(=O)CCCCN1CCN(C)CC1)C(=O)C[C@@H](Cc1ccccc1)C(=O)N[C@@H](CC(C)C)C(=O)[C@@]1(C)CO1. The number of piperazine rings is 1. The fourth-order valence-electron chi connectivity index (χ4n) is 7.60. The Balaban J connectivity index is 1.45. The molecule has 2 saturated heterocycles. The highest BCUT2D eigenvalue weighted by molar-refractivity contribution is 5.98. The van der Waals surface area contributed by atoms with Crippen LogP contribution in [0.1, 0.15) is 97.1 Å². The van der Waals surface area contributed by atoms with Crippen LogP contribution in [0.5, 0.6) is 0 Å². The van der Waals surface area contributed by atoms with E-state index in [4.69, 9.17) is 4.74 Å². The summed E-state index contributed by atoms with van der Waals surface area (Å²) in [6, 6.07) is 17.9. The van der Waals surface area contributed by atoms with E-state index >= 15 is 0 Å². The molecular formula is C46H68N4O6. The zero-order valence-electron chi connectivity index (χ0n) is 34.9. The van der Waals surface area contributed by atoms with Crippen LogP contribution in [0.4, 0.5) is 0 Å². The lowest BCUT2D eigenvalue weighted by atomic mass is 9.87. The average Bonchev–Trinajstić information content (AvgIpc) is 3.93. The van der Waals surface area contributed by atoms with Crippen molar-refractivity contribution in [3.8, 4) is 0 Å². The van der Waals surface area contributed by atoms with E-state index < -0.39 is 29.5 Å². The number of nitrogens with zero attached hydrogens (tertiary/aromatic N) is 2.